The van der Waals surface area contributed by atoms with Crippen LogP contribution in [0.5, 0.6) is 0 Å². The number of imidazole rings is 1. The fourth-order valence-corrected chi connectivity index (χ4v) is 7.06. The molecule has 34 heavy (non-hydrogen) atoms. The number of hydrogen-bond acceptors (Lipinski definition) is 8. The van der Waals surface area contributed by atoms with Crippen molar-refractivity contribution in [2.75, 3.05) is 16.8 Å². The molecule has 0 radical (unpaired) electrons. The van der Waals surface area contributed by atoms with Crippen LogP contribution < -0.4 is 5.32 Å². The van der Waals surface area contributed by atoms with E-state index in [0.717, 1.165) is 28.2 Å². The summed E-state index contributed by atoms with van der Waals surface area (Å²) in [6.07, 6.45) is 3.75. The Kier molecular flexibility index (Phi) is 4.43. The molecule has 0 saturated carbocycles. The second-order valence-corrected chi connectivity index (χ2v) is 11.2. The van der Waals surface area contributed by atoms with Crippen LogP contribution >= 0.6 is 0 Å². The Morgan fingerprint density at radius 2 is 1.85 bits per heavy atom. The van der Waals surface area contributed by atoms with Gasteiger partial charge in [0.2, 0.25) is 5.91 Å². The van der Waals surface area contributed by atoms with Crippen LogP contribution in [0.15, 0.2) is 12.7 Å². The van der Waals surface area contributed by atoms with E-state index < -0.39 is 9.84 Å². The summed E-state index contributed by atoms with van der Waals surface area (Å²) in [5.74, 6) is 0.924. The lowest BCUT2D eigenvalue weighted by Crippen LogP contribution is -2.25. The van der Waals surface area contributed by atoms with Gasteiger partial charge in [-0.2, -0.15) is 14.9 Å². The molecule has 6 rings (SSSR count). The molecule has 2 atom stereocenters. The molecular weight excluding hydrogens is 458 g/mol. The zero-order chi connectivity index (χ0) is 23.8. The van der Waals surface area contributed by atoms with Crippen LogP contribution in [-0.4, -0.2) is 65.3 Å². The first kappa shape index (κ1) is 21.0. The standard InChI is InChI=1S/C21H23N9O3S/c1-10-16(12(3)29(27-10)13-4-5-34(32,33)7-13)14-6-15(31)26-20-17(14)11(2)28-30(20)21-18-19(23-8-22-18)24-9-25-21/h8-9,13-14H,4-7H2,1-3H3,(H,26,31)(H,22,23,24,25)/t13-,14+/m1/s1. The number of aromatic amines is 1. The van der Waals surface area contributed by atoms with Gasteiger partial charge in [0.05, 0.1) is 35.3 Å². The maximum absolute atomic E-state index is 12.9. The van der Waals surface area contributed by atoms with Gasteiger partial charge < -0.3 is 10.3 Å². The van der Waals surface area contributed by atoms with Crippen molar-refractivity contribution in [2.45, 2.75) is 45.6 Å². The van der Waals surface area contributed by atoms with Gasteiger partial charge in [0.1, 0.15) is 17.7 Å². The number of aryl methyl sites for hydroxylation is 2. The second kappa shape index (κ2) is 7.19. The third-order valence-corrected chi connectivity index (χ3v) is 8.54. The zero-order valence-corrected chi connectivity index (χ0v) is 19.7. The number of rotatable bonds is 3. The molecule has 2 N–H and O–H groups in total. The minimum Gasteiger partial charge on any atom is -0.340 e. The van der Waals surface area contributed by atoms with Crippen molar-refractivity contribution in [3.63, 3.8) is 0 Å². The number of nitrogens with zero attached hydrogens (tertiary/aromatic N) is 7. The fraction of sp³-hybridized carbons (Fsp3) is 0.429. The third-order valence-electron chi connectivity index (χ3n) is 6.79. The highest BCUT2D eigenvalue weighted by Crippen LogP contribution is 2.43. The molecule has 0 unspecified atom stereocenters. The minimum atomic E-state index is -3.05. The SMILES string of the molecule is Cc1nn(-c2ncnc3nc[nH]c23)c2c1[C@H](c1c(C)nn([C@@H]3CCS(=O)(=O)C3)c1C)CC(=O)N2. The lowest BCUT2D eigenvalue weighted by Gasteiger charge is -2.25. The van der Waals surface area contributed by atoms with Crippen LogP contribution in [0.25, 0.3) is 17.0 Å². The topological polar surface area (TPSA) is 153 Å². The molecule has 1 saturated heterocycles. The Labute approximate surface area is 194 Å². The molecule has 12 nitrogen and oxygen atoms in total. The number of amides is 1. The van der Waals surface area contributed by atoms with Gasteiger partial charge in [0.25, 0.3) is 0 Å². The van der Waals surface area contributed by atoms with Crippen LogP contribution in [0.4, 0.5) is 5.82 Å². The van der Waals surface area contributed by atoms with Crippen molar-refractivity contribution in [3.05, 3.63) is 40.9 Å². The number of nitrogens with one attached hydrogen (secondary N) is 2. The van der Waals surface area contributed by atoms with Crippen LogP contribution in [-0.2, 0) is 14.6 Å². The number of aromatic nitrogens is 8. The van der Waals surface area contributed by atoms with Gasteiger partial charge in [-0.05, 0) is 27.2 Å². The summed E-state index contributed by atoms with van der Waals surface area (Å²) in [4.78, 5) is 28.7. The summed E-state index contributed by atoms with van der Waals surface area (Å²) < 4.78 is 27.6. The van der Waals surface area contributed by atoms with Gasteiger partial charge in [-0.3, -0.25) is 9.48 Å². The summed E-state index contributed by atoms with van der Waals surface area (Å²) in [6.45, 7) is 5.77. The highest BCUT2D eigenvalue weighted by Gasteiger charge is 2.38. The van der Waals surface area contributed by atoms with Gasteiger partial charge in [-0.1, -0.05) is 0 Å². The predicted molar refractivity (Wildman–Crippen MR) is 123 cm³/mol. The maximum Gasteiger partial charge on any atom is 0.226 e. The van der Waals surface area contributed by atoms with Crippen LogP contribution in [0.3, 0.4) is 0 Å². The first-order chi connectivity index (χ1) is 16.2. The minimum absolute atomic E-state index is 0.0929. The molecule has 4 aromatic heterocycles. The van der Waals surface area contributed by atoms with Crippen molar-refractivity contribution in [1.29, 1.82) is 0 Å². The normalized spacial score (nSPS) is 21.7. The van der Waals surface area contributed by atoms with E-state index in [1.807, 2.05) is 25.5 Å². The van der Waals surface area contributed by atoms with Gasteiger partial charge in [-0.25, -0.2) is 23.4 Å². The molecule has 13 heteroatoms. The van der Waals surface area contributed by atoms with Gasteiger partial charge in [0.15, 0.2) is 21.3 Å². The van der Waals surface area contributed by atoms with Gasteiger partial charge >= 0.3 is 0 Å². The lowest BCUT2D eigenvalue weighted by atomic mass is 9.84. The highest BCUT2D eigenvalue weighted by molar-refractivity contribution is 7.91. The smallest absolute Gasteiger partial charge is 0.226 e. The molecule has 6 heterocycles. The van der Waals surface area contributed by atoms with Crippen LogP contribution in [0.1, 0.15) is 53.0 Å². The average Bonchev–Trinajstić information content (AvgIpc) is 3.53. The highest BCUT2D eigenvalue weighted by atomic mass is 32.2. The average molecular weight is 482 g/mol. The van der Waals surface area contributed by atoms with E-state index in [2.05, 4.69) is 25.3 Å². The van der Waals surface area contributed by atoms with E-state index >= 15 is 0 Å². The number of fused-ring (bicyclic) bond motifs is 2. The van der Waals surface area contributed by atoms with E-state index in [1.54, 1.807) is 4.68 Å². The molecule has 2 aliphatic heterocycles. The number of anilines is 1. The number of sulfone groups is 1. The van der Waals surface area contributed by atoms with E-state index in [9.17, 15) is 13.2 Å². The number of carbonyl (C=O) groups is 1. The Morgan fingerprint density at radius 1 is 1.06 bits per heavy atom. The largest absolute Gasteiger partial charge is 0.340 e. The van der Waals surface area contributed by atoms with Gasteiger partial charge in [0, 0.05) is 29.2 Å². The van der Waals surface area contributed by atoms with Crippen LogP contribution in [0.2, 0.25) is 0 Å². The molecule has 1 fully saturated rings. The summed E-state index contributed by atoms with van der Waals surface area (Å²) in [6, 6.07) is -0.187. The third kappa shape index (κ3) is 3.06. The molecule has 1 amide bonds. The molecule has 2 aliphatic rings. The van der Waals surface area contributed by atoms with Crippen molar-refractivity contribution in [1.82, 2.24) is 39.5 Å². The summed E-state index contributed by atoms with van der Waals surface area (Å²) in [5.41, 5.74) is 5.40. The molecule has 0 spiro atoms. The van der Waals surface area contributed by atoms with Gasteiger partial charge in [-0.15, -0.1) is 0 Å². The van der Waals surface area contributed by atoms with E-state index in [-0.39, 0.29) is 35.8 Å². The fourth-order valence-electron chi connectivity index (χ4n) is 5.36. The summed E-state index contributed by atoms with van der Waals surface area (Å²) in [5, 5.41) is 12.4. The number of H-pyrrole nitrogens is 1. The van der Waals surface area contributed by atoms with Crippen molar-refractivity contribution >= 4 is 32.7 Å². The Hall–Kier alpha value is -3.61. The molecule has 4 aromatic rings. The Balaban J connectivity index is 1.50. The first-order valence-corrected chi connectivity index (χ1v) is 12.9. The molecular formula is C21H23N9O3S. The summed E-state index contributed by atoms with van der Waals surface area (Å²) in [7, 11) is -3.05. The maximum atomic E-state index is 12.9. The second-order valence-electron chi connectivity index (χ2n) is 8.95. The van der Waals surface area contributed by atoms with E-state index in [1.165, 1.54) is 12.7 Å². The Bertz CT molecular complexity index is 1580. The summed E-state index contributed by atoms with van der Waals surface area (Å²) >= 11 is 0. The first-order valence-electron chi connectivity index (χ1n) is 11.0. The van der Waals surface area contributed by atoms with Crippen molar-refractivity contribution in [3.8, 4) is 5.82 Å². The lowest BCUT2D eigenvalue weighted by molar-refractivity contribution is -0.116. The van der Waals surface area contributed by atoms with Crippen LogP contribution in [0, 0.1) is 20.8 Å². The number of hydrogen-bond donors (Lipinski definition) is 2. The zero-order valence-electron chi connectivity index (χ0n) is 18.9. The predicted octanol–water partition coefficient (Wildman–Crippen LogP) is 1.49. The van der Waals surface area contributed by atoms with Crippen molar-refractivity contribution in [2.24, 2.45) is 0 Å². The monoisotopic (exact) mass is 481 g/mol. The van der Waals surface area contributed by atoms with Crippen molar-refractivity contribution < 1.29 is 13.2 Å². The molecule has 0 bridgehead atoms. The Morgan fingerprint density at radius 3 is 2.62 bits per heavy atom. The van der Waals surface area contributed by atoms with E-state index in [0.29, 0.717) is 29.2 Å². The quantitative estimate of drug-likeness (QED) is 0.446. The van der Waals surface area contributed by atoms with E-state index in [4.69, 9.17) is 10.2 Å². The molecule has 176 valence electrons. The molecule has 0 aromatic carbocycles. The molecule has 0 aliphatic carbocycles. The number of carbonyl (C=O) groups excluding carboxylic acids is 1.